The topological polar surface area (TPSA) is 163 Å². The number of aromatic amines is 1. The molecule has 0 bridgehead atoms. The summed E-state index contributed by atoms with van der Waals surface area (Å²) in [5, 5.41) is 6.32. The molecule has 0 atom stereocenters. The summed E-state index contributed by atoms with van der Waals surface area (Å²) >= 11 is 0. The third kappa shape index (κ3) is 6.79. The van der Waals surface area contributed by atoms with Crippen molar-refractivity contribution in [1.29, 1.82) is 0 Å². The van der Waals surface area contributed by atoms with E-state index in [1.807, 2.05) is 0 Å². The summed E-state index contributed by atoms with van der Waals surface area (Å²) in [5.41, 5.74) is 1.42. The number of sulfonamides is 1. The van der Waals surface area contributed by atoms with Gasteiger partial charge in [-0.15, -0.1) is 0 Å². The lowest BCUT2D eigenvalue weighted by atomic mass is 10.1. The van der Waals surface area contributed by atoms with Gasteiger partial charge in [-0.05, 0) is 48.9 Å². The maximum atomic E-state index is 12.5. The maximum Gasteiger partial charge on any atom is 0.261 e. The van der Waals surface area contributed by atoms with Crippen LogP contribution in [0.3, 0.4) is 0 Å². The van der Waals surface area contributed by atoms with E-state index in [2.05, 4.69) is 36.9 Å². The standard InChI is InChI=1S/C23H26N6O5S2/c1-5-7-18(29-36(4,33)34)15(6-2)14-25-23-27-19-12-13-24-22(30)20(19)21(28-23)26-16-8-10-17(11-9-16)35(3,31)32/h5-13,29H,1,14H2,2-4H3,(H,24,30)(H2,25,26,27,28)/b15-6-,18-7+. The summed E-state index contributed by atoms with van der Waals surface area (Å²) in [6.45, 7) is 5.54. The van der Waals surface area contributed by atoms with Gasteiger partial charge in [0, 0.05) is 24.7 Å². The molecule has 36 heavy (non-hydrogen) atoms. The zero-order valence-electron chi connectivity index (χ0n) is 19.9. The molecule has 0 aliphatic carbocycles. The van der Waals surface area contributed by atoms with Gasteiger partial charge in [0.25, 0.3) is 5.56 Å². The van der Waals surface area contributed by atoms with Crippen molar-refractivity contribution in [2.24, 2.45) is 0 Å². The summed E-state index contributed by atoms with van der Waals surface area (Å²) in [6.07, 6.45) is 8.36. The van der Waals surface area contributed by atoms with Crippen molar-refractivity contribution in [1.82, 2.24) is 19.7 Å². The van der Waals surface area contributed by atoms with Gasteiger partial charge in [0.15, 0.2) is 9.84 Å². The molecule has 0 saturated heterocycles. The highest BCUT2D eigenvalue weighted by molar-refractivity contribution is 7.90. The third-order valence-electron chi connectivity index (χ3n) is 4.88. The zero-order valence-corrected chi connectivity index (χ0v) is 21.5. The van der Waals surface area contributed by atoms with Crippen LogP contribution in [-0.4, -0.2) is 50.8 Å². The number of H-pyrrole nitrogens is 1. The molecule has 0 amide bonds. The number of nitrogens with one attached hydrogen (secondary N) is 4. The predicted octanol–water partition coefficient (Wildman–Crippen LogP) is 2.44. The van der Waals surface area contributed by atoms with E-state index in [0.29, 0.717) is 22.5 Å². The molecule has 0 saturated carbocycles. The van der Waals surface area contributed by atoms with E-state index in [1.54, 1.807) is 31.2 Å². The van der Waals surface area contributed by atoms with Crippen molar-refractivity contribution >= 4 is 48.2 Å². The Morgan fingerprint density at radius 1 is 1.08 bits per heavy atom. The first-order valence-corrected chi connectivity index (χ1v) is 14.4. The molecule has 190 valence electrons. The minimum Gasteiger partial charge on any atom is -0.350 e. The molecule has 0 radical (unpaired) electrons. The van der Waals surface area contributed by atoms with Crippen LogP contribution in [0.4, 0.5) is 17.5 Å². The quantitative estimate of drug-likeness (QED) is 0.288. The second kappa shape index (κ2) is 10.7. The van der Waals surface area contributed by atoms with Crippen molar-refractivity contribution in [3.63, 3.8) is 0 Å². The molecule has 3 aromatic rings. The van der Waals surface area contributed by atoms with Crippen LogP contribution in [-0.2, 0) is 19.9 Å². The fourth-order valence-corrected chi connectivity index (χ4v) is 4.46. The Hall–Kier alpha value is -3.97. The Bertz CT molecular complexity index is 1620. The molecule has 0 fully saturated rings. The average Bonchev–Trinajstić information content (AvgIpc) is 2.78. The van der Waals surface area contributed by atoms with E-state index in [-0.39, 0.29) is 28.6 Å². The minimum absolute atomic E-state index is 0.158. The summed E-state index contributed by atoms with van der Waals surface area (Å²) < 4.78 is 49.4. The first kappa shape index (κ1) is 26.6. The van der Waals surface area contributed by atoms with Crippen LogP contribution in [0.2, 0.25) is 0 Å². The van der Waals surface area contributed by atoms with Crippen molar-refractivity contribution in [2.75, 3.05) is 29.7 Å². The van der Waals surface area contributed by atoms with Gasteiger partial charge in [-0.2, -0.15) is 4.98 Å². The number of hydrogen-bond acceptors (Lipinski definition) is 9. The maximum absolute atomic E-state index is 12.5. The normalized spacial score (nSPS) is 12.9. The van der Waals surface area contributed by atoms with Crippen LogP contribution in [0.1, 0.15) is 6.92 Å². The van der Waals surface area contributed by atoms with Crippen LogP contribution in [0.5, 0.6) is 0 Å². The number of nitrogens with zero attached hydrogens (tertiary/aromatic N) is 2. The lowest BCUT2D eigenvalue weighted by molar-refractivity contribution is 0.594. The van der Waals surface area contributed by atoms with Gasteiger partial charge in [-0.3, -0.25) is 9.52 Å². The Morgan fingerprint density at radius 3 is 2.36 bits per heavy atom. The van der Waals surface area contributed by atoms with E-state index >= 15 is 0 Å². The van der Waals surface area contributed by atoms with Gasteiger partial charge < -0.3 is 15.6 Å². The number of allylic oxidation sites excluding steroid dienone is 3. The molecule has 4 N–H and O–H groups in total. The Balaban J connectivity index is 1.96. The summed E-state index contributed by atoms with van der Waals surface area (Å²) in [7, 11) is -6.88. The summed E-state index contributed by atoms with van der Waals surface area (Å²) in [4.78, 5) is 24.1. The molecule has 0 unspecified atom stereocenters. The Morgan fingerprint density at radius 2 is 1.78 bits per heavy atom. The molecule has 11 nitrogen and oxygen atoms in total. The lowest BCUT2D eigenvalue weighted by Crippen LogP contribution is -2.25. The summed E-state index contributed by atoms with van der Waals surface area (Å²) in [6, 6.07) is 7.65. The zero-order chi connectivity index (χ0) is 26.5. The van der Waals surface area contributed by atoms with Crippen LogP contribution >= 0.6 is 0 Å². The second-order valence-electron chi connectivity index (χ2n) is 7.74. The fraction of sp³-hybridized carbons (Fsp3) is 0.174. The lowest BCUT2D eigenvalue weighted by Gasteiger charge is -2.15. The Kier molecular flexibility index (Phi) is 7.95. The SMILES string of the molecule is C=C/C=C(NS(C)(=O)=O)\C(=C/C)CNc1nc(Nc2ccc(S(C)(=O)=O)cc2)c2c(=O)[nH]ccc2n1. The van der Waals surface area contributed by atoms with Crippen LogP contribution in [0, 0.1) is 0 Å². The number of benzene rings is 1. The van der Waals surface area contributed by atoms with Gasteiger partial charge in [-0.1, -0.05) is 18.7 Å². The minimum atomic E-state index is -3.52. The van der Waals surface area contributed by atoms with Gasteiger partial charge in [0.05, 0.1) is 22.4 Å². The highest BCUT2D eigenvalue weighted by Gasteiger charge is 2.14. The number of fused-ring (bicyclic) bond motifs is 1. The highest BCUT2D eigenvalue weighted by Crippen LogP contribution is 2.24. The number of aromatic nitrogens is 3. The molecule has 0 spiro atoms. The van der Waals surface area contributed by atoms with E-state index in [0.717, 1.165) is 12.5 Å². The number of sulfone groups is 1. The van der Waals surface area contributed by atoms with Gasteiger partial charge in [0.1, 0.15) is 11.2 Å². The number of rotatable bonds is 10. The molecule has 13 heteroatoms. The summed E-state index contributed by atoms with van der Waals surface area (Å²) in [5.74, 6) is 0.384. The average molecular weight is 531 g/mol. The molecule has 1 aromatic carbocycles. The molecule has 2 heterocycles. The number of pyridine rings is 1. The largest absolute Gasteiger partial charge is 0.350 e. The fourth-order valence-electron chi connectivity index (χ4n) is 3.23. The first-order chi connectivity index (χ1) is 16.9. The van der Waals surface area contributed by atoms with E-state index in [9.17, 15) is 21.6 Å². The van der Waals surface area contributed by atoms with Crippen molar-refractivity contribution in [2.45, 2.75) is 11.8 Å². The monoisotopic (exact) mass is 530 g/mol. The van der Waals surface area contributed by atoms with E-state index in [4.69, 9.17) is 0 Å². The van der Waals surface area contributed by atoms with Gasteiger partial charge in [0.2, 0.25) is 16.0 Å². The van der Waals surface area contributed by atoms with Gasteiger partial charge >= 0.3 is 0 Å². The van der Waals surface area contributed by atoms with Gasteiger partial charge in [-0.25, -0.2) is 21.8 Å². The molecule has 3 rings (SSSR count). The number of hydrogen-bond donors (Lipinski definition) is 4. The molecule has 0 aliphatic rings. The van der Waals surface area contributed by atoms with E-state index < -0.39 is 25.4 Å². The molecule has 2 aromatic heterocycles. The van der Waals surface area contributed by atoms with Crippen LogP contribution < -0.4 is 20.9 Å². The number of anilines is 3. The molecular formula is C23H26N6O5S2. The molecular weight excluding hydrogens is 504 g/mol. The van der Waals surface area contributed by atoms with Crippen molar-refractivity contribution in [3.05, 3.63) is 83.0 Å². The third-order valence-corrected chi connectivity index (χ3v) is 6.60. The van der Waals surface area contributed by atoms with Crippen molar-refractivity contribution < 1.29 is 16.8 Å². The highest BCUT2D eigenvalue weighted by atomic mass is 32.2. The smallest absolute Gasteiger partial charge is 0.261 e. The molecule has 0 aliphatic heterocycles. The predicted molar refractivity (Wildman–Crippen MR) is 141 cm³/mol. The van der Waals surface area contributed by atoms with Crippen molar-refractivity contribution in [3.8, 4) is 0 Å². The van der Waals surface area contributed by atoms with E-state index in [1.165, 1.54) is 30.5 Å². The Labute approximate surface area is 209 Å². The van der Waals surface area contributed by atoms with Crippen LogP contribution in [0.25, 0.3) is 10.9 Å². The second-order valence-corrected chi connectivity index (χ2v) is 11.5. The first-order valence-electron chi connectivity index (χ1n) is 10.6. The van der Waals surface area contributed by atoms with Crippen LogP contribution in [0.15, 0.2) is 82.3 Å².